The van der Waals surface area contributed by atoms with E-state index in [0.717, 1.165) is 5.56 Å². The fourth-order valence-electron chi connectivity index (χ4n) is 3.72. The summed E-state index contributed by atoms with van der Waals surface area (Å²) in [5.41, 5.74) is 1.84. The molecule has 31 heavy (non-hydrogen) atoms. The zero-order valence-corrected chi connectivity index (χ0v) is 18.1. The Bertz CT molecular complexity index is 1250. The monoisotopic (exact) mass is 459 g/mol. The Morgan fingerprint density at radius 1 is 1.23 bits per heavy atom. The van der Waals surface area contributed by atoms with Gasteiger partial charge in [0.05, 0.1) is 16.9 Å². The van der Waals surface area contributed by atoms with E-state index >= 15 is 0 Å². The van der Waals surface area contributed by atoms with E-state index in [-0.39, 0.29) is 35.9 Å². The number of benzene rings is 2. The van der Waals surface area contributed by atoms with Gasteiger partial charge in [-0.1, -0.05) is 23.7 Å². The van der Waals surface area contributed by atoms with Crippen molar-refractivity contribution in [3.63, 3.8) is 0 Å². The number of aromatic nitrogens is 2. The molecule has 1 fully saturated rings. The molecule has 0 bridgehead atoms. The summed E-state index contributed by atoms with van der Waals surface area (Å²) < 4.78 is 42.6. The van der Waals surface area contributed by atoms with E-state index in [2.05, 4.69) is 10.3 Å². The first-order valence-electron chi connectivity index (χ1n) is 9.47. The highest BCUT2D eigenvalue weighted by Gasteiger charge is 2.41. The Balaban J connectivity index is 1.66. The largest absolute Gasteiger partial charge is 0.380 e. The van der Waals surface area contributed by atoms with Crippen LogP contribution in [0.3, 0.4) is 0 Å². The lowest BCUT2D eigenvalue weighted by molar-refractivity contribution is 0.468. The first-order chi connectivity index (χ1) is 14.8. The van der Waals surface area contributed by atoms with Crippen molar-refractivity contribution in [2.45, 2.75) is 17.0 Å². The highest BCUT2D eigenvalue weighted by atomic mass is 35.5. The molecular weight excluding hydrogens is 441 g/mol. The van der Waals surface area contributed by atoms with Crippen molar-refractivity contribution < 1.29 is 12.8 Å². The third kappa shape index (κ3) is 4.28. The second-order valence-corrected chi connectivity index (χ2v) is 9.71. The molecule has 0 saturated carbocycles. The summed E-state index contributed by atoms with van der Waals surface area (Å²) >= 11 is 6.15. The molecular formula is C21H19ClFN5O2S. The topological polar surface area (TPSA) is 91.0 Å². The normalized spacial score (nSPS) is 19.3. The van der Waals surface area contributed by atoms with Gasteiger partial charge in [-0.15, -0.1) is 0 Å². The summed E-state index contributed by atoms with van der Waals surface area (Å²) in [7, 11) is -2.09. The Morgan fingerprint density at radius 2 is 1.97 bits per heavy atom. The van der Waals surface area contributed by atoms with Crippen LogP contribution in [0.4, 0.5) is 10.1 Å². The van der Waals surface area contributed by atoms with Gasteiger partial charge in [0, 0.05) is 44.0 Å². The predicted octanol–water partition coefficient (Wildman–Crippen LogP) is 3.35. The molecule has 2 heterocycles. The number of hydrogen-bond donors (Lipinski definition) is 1. The maximum absolute atomic E-state index is 13.4. The number of aryl methyl sites for hydroxylation is 1. The predicted molar refractivity (Wildman–Crippen MR) is 115 cm³/mol. The summed E-state index contributed by atoms with van der Waals surface area (Å²) in [5.74, 6) is -0.586. The average molecular weight is 460 g/mol. The van der Waals surface area contributed by atoms with Crippen molar-refractivity contribution in [1.82, 2.24) is 13.9 Å². The Morgan fingerprint density at radius 3 is 2.58 bits per heavy atom. The van der Waals surface area contributed by atoms with Crippen molar-refractivity contribution in [2.75, 3.05) is 18.4 Å². The number of nitrogens with zero attached hydrogens (tertiary/aromatic N) is 4. The van der Waals surface area contributed by atoms with Crippen LogP contribution in [0.1, 0.15) is 17.0 Å². The maximum atomic E-state index is 13.4. The lowest BCUT2D eigenvalue weighted by Gasteiger charge is -2.21. The van der Waals surface area contributed by atoms with Gasteiger partial charge in [-0.2, -0.15) is 9.57 Å². The third-order valence-corrected chi connectivity index (χ3v) is 7.34. The minimum Gasteiger partial charge on any atom is -0.380 e. The van der Waals surface area contributed by atoms with Crippen LogP contribution in [0.5, 0.6) is 0 Å². The molecule has 0 radical (unpaired) electrons. The molecule has 7 nitrogen and oxygen atoms in total. The van der Waals surface area contributed by atoms with Crippen LogP contribution >= 0.6 is 11.6 Å². The van der Waals surface area contributed by atoms with Crippen molar-refractivity contribution in [3.8, 4) is 6.07 Å². The standard InChI is InChI=1S/C21H19ClFN5O2S/c1-27-12-21(25-13-27)31(29,30)28-10-18(14-2-5-16(23)6-3-14)20(11-28)26-17-7-4-15(9-24)19(22)8-17/h2-8,12-13,18,20,26H,10-11H2,1H3/t18-,20+/m1/s1. The van der Waals surface area contributed by atoms with Crippen LogP contribution in [0.2, 0.25) is 5.02 Å². The summed E-state index contributed by atoms with van der Waals surface area (Å²) in [6.07, 6.45) is 2.90. The van der Waals surface area contributed by atoms with Gasteiger partial charge in [-0.05, 0) is 35.9 Å². The molecule has 1 saturated heterocycles. The van der Waals surface area contributed by atoms with Crippen LogP contribution in [0.15, 0.2) is 60.0 Å². The van der Waals surface area contributed by atoms with Gasteiger partial charge >= 0.3 is 0 Å². The fourth-order valence-corrected chi connectivity index (χ4v) is 5.40. The van der Waals surface area contributed by atoms with Crippen molar-refractivity contribution in [1.29, 1.82) is 5.26 Å². The molecule has 4 rings (SSSR count). The van der Waals surface area contributed by atoms with Crippen LogP contribution in [-0.2, 0) is 17.1 Å². The zero-order valence-electron chi connectivity index (χ0n) is 16.5. The van der Waals surface area contributed by atoms with E-state index in [1.807, 2.05) is 6.07 Å². The molecule has 0 aliphatic carbocycles. The lowest BCUT2D eigenvalue weighted by Crippen LogP contribution is -2.32. The first-order valence-corrected chi connectivity index (χ1v) is 11.3. The van der Waals surface area contributed by atoms with Gasteiger partial charge in [0.25, 0.3) is 10.0 Å². The SMILES string of the molecule is Cn1cnc(S(=O)(=O)N2C[C@H](Nc3ccc(C#N)c(Cl)c3)[C@@H](c3ccc(F)cc3)C2)c1. The molecule has 0 amide bonds. The first kappa shape index (κ1) is 21.3. The summed E-state index contributed by atoms with van der Waals surface area (Å²) in [6, 6.07) is 12.7. The molecule has 10 heteroatoms. The summed E-state index contributed by atoms with van der Waals surface area (Å²) in [4.78, 5) is 4.00. The van der Waals surface area contributed by atoms with E-state index < -0.39 is 10.0 Å². The molecule has 160 valence electrons. The number of imidazole rings is 1. The van der Waals surface area contributed by atoms with E-state index in [0.29, 0.717) is 16.3 Å². The molecule has 2 aromatic carbocycles. The second kappa shape index (κ2) is 8.30. The number of nitrogens with one attached hydrogen (secondary N) is 1. The molecule has 3 aromatic rings. The fraction of sp³-hybridized carbons (Fsp3) is 0.238. The van der Waals surface area contributed by atoms with Gasteiger partial charge in [-0.3, -0.25) is 0 Å². The van der Waals surface area contributed by atoms with Crippen LogP contribution in [0, 0.1) is 17.1 Å². The van der Waals surface area contributed by atoms with E-state index in [1.165, 1.54) is 29.0 Å². The quantitative estimate of drug-likeness (QED) is 0.631. The minimum absolute atomic E-state index is 0.0186. The molecule has 1 aliphatic heterocycles. The van der Waals surface area contributed by atoms with E-state index in [1.54, 1.807) is 41.9 Å². The van der Waals surface area contributed by atoms with Crippen molar-refractivity contribution in [2.24, 2.45) is 7.05 Å². The average Bonchev–Trinajstić information content (AvgIpc) is 3.36. The van der Waals surface area contributed by atoms with Crippen LogP contribution in [-0.4, -0.2) is 41.4 Å². The second-order valence-electron chi connectivity index (χ2n) is 7.41. The van der Waals surface area contributed by atoms with Crippen molar-refractivity contribution in [3.05, 3.63) is 77.0 Å². The van der Waals surface area contributed by atoms with E-state index in [4.69, 9.17) is 16.9 Å². The number of sulfonamides is 1. The third-order valence-electron chi connectivity index (χ3n) is 5.31. The Labute approximate surface area is 184 Å². The molecule has 1 aliphatic rings. The van der Waals surface area contributed by atoms with Crippen LogP contribution in [0.25, 0.3) is 0 Å². The Kier molecular flexibility index (Phi) is 5.71. The van der Waals surface area contributed by atoms with Gasteiger partial charge in [0.1, 0.15) is 11.9 Å². The van der Waals surface area contributed by atoms with Gasteiger partial charge < -0.3 is 9.88 Å². The Hall–Kier alpha value is -2.93. The smallest absolute Gasteiger partial charge is 0.262 e. The molecule has 1 aromatic heterocycles. The van der Waals surface area contributed by atoms with E-state index in [9.17, 15) is 12.8 Å². The maximum Gasteiger partial charge on any atom is 0.262 e. The lowest BCUT2D eigenvalue weighted by atomic mass is 9.94. The van der Waals surface area contributed by atoms with Gasteiger partial charge in [0.2, 0.25) is 0 Å². The van der Waals surface area contributed by atoms with Crippen LogP contribution < -0.4 is 5.32 Å². The zero-order chi connectivity index (χ0) is 22.2. The highest BCUT2D eigenvalue weighted by Crippen LogP contribution is 2.34. The molecule has 2 atom stereocenters. The number of rotatable bonds is 5. The van der Waals surface area contributed by atoms with Gasteiger partial charge in [-0.25, -0.2) is 17.8 Å². The minimum atomic E-state index is -3.79. The number of anilines is 1. The summed E-state index contributed by atoms with van der Waals surface area (Å²) in [6.45, 7) is 0.408. The molecule has 0 spiro atoms. The van der Waals surface area contributed by atoms with Crippen molar-refractivity contribution >= 4 is 27.3 Å². The van der Waals surface area contributed by atoms with Gasteiger partial charge in [0.15, 0.2) is 5.03 Å². The molecule has 0 unspecified atom stereocenters. The highest BCUT2D eigenvalue weighted by molar-refractivity contribution is 7.89. The number of hydrogen-bond acceptors (Lipinski definition) is 5. The summed E-state index contributed by atoms with van der Waals surface area (Å²) in [5, 5.41) is 12.7. The number of halogens is 2. The molecule has 1 N–H and O–H groups in total. The number of nitriles is 1.